The fraction of sp³-hybridized carbons (Fsp3) is 0.300. The van der Waals surface area contributed by atoms with Crippen molar-refractivity contribution in [2.75, 3.05) is 14.2 Å². The fourth-order valence-electron chi connectivity index (χ4n) is 1.02. The largest absolute Gasteiger partial charge is 1.00 e. The van der Waals surface area contributed by atoms with Crippen molar-refractivity contribution in [2.45, 2.75) is 6.42 Å². The normalized spacial score (nSPS) is 8.43. The summed E-state index contributed by atoms with van der Waals surface area (Å²) >= 11 is 0. The molecule has 0 aromatic heterocycles. The molecule has 0 fully saturated rings. The van der Waals surface area contributed by atoms with Crippen LogP contribution in [0, 0.1) is 0 Å². The molecule has 0 amide bonds. The summed E-state index contributed by atoms with van der Waals surface area (Å²) in [6.45, 7) is 0. The summed E-state index contributed by atoms with van der Waals surface area (Å²) in [5.74, 6) is 0. The monoisotopic (exact) mass is 215 g/mol. The van der Waals surface area contributed by atoms with Crippen LogP contribution in [0.15, 0.2) is 30.3 Å². The molecule has 1 aromatic carbocycles. The first kappa shape index (κ1) is 12.8. The van der Waals surface area contributed by atoms with Gasteiger partial charge in [0, 0.05) is 0 Å². The number of rotatable bonds is 4. The fourth-order valence-corrected chi connectivity index (χ4v) is 1.02. The van der Waals surface area contributed by atoms with Gasteiger partial charge in [0.15, 0.2) is 19.1 Å². The second-order valence-electron chi connectivity index (χ2n) is 2.52. The molecule has 0 aliphatic heterocycles. The second-order valence-corrected chi connectivity index (χ2v) is 2.52. The zero-order chi connectivity index (χ0) is 9.52. The molecule has 78 valence electrons. The van der Waals surface area contributed by atoms with Gasteiger partial charge in [-0.1, -0.05) is 30.3 Å². The van der Waals surface area contributed by atoms with Gasteiger partial charge < -0.3 is 12.4 Å². The Balaban J connectivity index is 0.00000169. The van der Waals surface area contributed by atoms with Crippen molar-refractivity contribution in [1.82, 2.24) is 0 Å². The van der Waals surface area contributed by atoms with Crippen molar-refractivity contribution in [2.24, 2.45) is 0 Å². The third-order valence-electron chi connectivity index (χ3n) is 1.68. The van der Waals surface area contributed by atoms with Crippen LogP contribution in [0.2, 0.25) is 0 Å². The van der Waals surface area contributed by atoms with Crippen LogP contribution in [0.1, 0.15) is 5.56 Å². The SMILES string of the molecule is CO[N+](=CCc1ccccc1)OC.[Cl-]. The van der Waals surface area contributed by atoms with Gasteiger partial charge in [-0.05, 0) is 5.56 Å². The van der Waals surface area contributed by atoms with E-state index in [1.807, 2.05) is 24.4 Å². The van der Waals surface area contributed by atoms with Crippen molar-refractivity contribution in [3.05, 3.63) is 35.9 Å². The van der Waals surface area contributed by atoms with E-state index in [9.17, 15) is 0 Å². The lowest BCUT2D eigenvalue weighted by Gasteiger charge is -1.93. The van der Waals surface area contributed by atoms with Crippen molar-refractivity contribution in [3.63, 3.8) is 0 Å². The lowest BCUT2D eigenvalue weighted by atomic mass is 10.2. The van der Waals surface area contributed by atoms with Gasteiger partial charge in [-0.2, -0.15) is 0 Å². The van der Waals surface area contributed by atoms with E-state index in [-0.39, 0.29) is 12.4 Å². The van der Waals surface area contributed by atoms with Crippen LogP contribution in [0.3, 0.4) is 0 Å². The van der Waals surface area contributed by atoms with Crippen LogP contribution in [0.5, 0.6) is 0 Å². The predicted octanol–water partition coefficient (Wildman–Crippen LogP) is -1.56. The molecule has 14 heavy (non-hydrogen) atoms. The quantitative estimate of drug-likeness (QED) is 0.448. The van der Waals surface area contributed by atoms with Gasteiger partial charge in [-0.25, -0.2) is 9.68 Å². The summed E-state index contributed by atoms with van der Waals surface area (Å²) in [5.41, 5.74) is 1.22. The first-order valence-corrected chi connectivity index (χ1v) is 4.11. The highest BCUT2D eigenvalue weighted by molar-refractivity contribution is 5.55. The number of benzene rings is 1. The van der Waals surface area contributed by atoms with Crippen molar-refractivity contribution < 1.29 is 27.0 Å². The topological polar surface area (TPSA) is 21.5 Å². The minimum atomic E-state index is 0. The average molecular weight is 216 g/mol. The first-order chi connectivity index (χ1) is 6.36. The Morgan fingerprint density at radius 1 is 1.14 bits per heavy atom. The van der Waals surface area contributed by atoms with Gasteiger partial charge in [0.05, 0.1) is 6.42 Å². The molecule has 1 rings (SSSR count). The summed E-state index contributed by atoms with van der Waals surface area (Å²) in [6, 6.07) is 10.1. The Bertz CT molecular complexity index is 269. The first-order valence-electron chi connectivity index (χ1n) is 4.11. The van der Waals surface area contributed by atoms with E-state index in [1.54, 1.807) is 14.2 Å². The summed E-state index contributed by atoms with van der Waals surface area (Å²) in [4.78, 5) is 11.1. The lowest BCUT2D eigenvalue weighted by molar-refractivity contribution is -0.956. The van der Waals surface area contributed by atoms with Crippen molar-refractivity contribution in [3.8, 4) is 0 Å². The van der Waals surface area contributed by atoms with E-state index in [0.717, 1.165) is 6.42 Å². The van der Waals surface area contributed by atoms with Gasteiger partial charge in [-0.15, -0.1) is 0 Å². The maximum atomic E-state index is 4.88. The van der Waals surface area contributed by atoms with Crippen LogP contribution in [-0.2, 0) is 16.1 Å². The minimum absolute atomic E-state index is 0. The third-order valence-corrected chi connectivity index (χ3v) is 1.68. The van der Waals surface area contributed by atoms with Crippen molar-refractivity contribution >= 4 is 6.21 Å². The molecule has 0 spiro atoms. The minimum Gasteiger partial charge on any atom is -1.00 e. The summed E-state index contributed by atoms with van der Waals surface area (Å²) in [6.07, 6.45) is 2.62. The average Bonchev–Trinajstić information content (AvgIpc) is 2.21. The maximum absolute atomic E-state index is 4.88. The number of hydrogen-bond acceptors (Lipinski definition) is 2. The van der Waals surface area contributed by atoms with Gasteiger partial charge in [0.25, 0.3) is 6.21 Å². The highest BCUT2D eigenvalue weighted by Crippen LogP contribution is 1.97. The molecule has 3 nitrogen and oxygen atoms in total. The van der Waals surface area contributed by atoms with Crippen LogP contribution in [-0.4, -0.2) is 25.3 Å². The molecule has 0 aliphatic carbocycles. The zero-order valence-electron chi connectivity index (χ0n) is 8.31. The highest BCUT2D eigenvalue weighted by atomic mass is 35.5. The molecule has 0 atom stereocenters. The maximum Gasteiger partial charge on any atom is 0.258 e. The zero-order valence-corrected chi connectivity index (χ0v) is 9.07. The third kappa shape index (κ3) is 4.14. The Labute approximate surface area is 90.3 Å². The number of halogens is 1. The molecule has 0 unspecified atom stereocenters. The Hall–Kier alpha value is -1.22. The Kier molecular flexibility index (Phi) is 6.58. The molecule has 0 saturated carbocycles. The van der Waals surface area contributed by atoms with E-state index < -0.39 is 0 Å². The summed E-state index contributed by atoms with van der Waals surface area (Å²) in [5, 5.41) is 0. The molecular weight excluding hydrogens is 202 g/mol. The van der Waals surface area contributed by atoms with E-state index in [0.29, 0.717) is 0 Å². The van der Waals surface area contributed by atoms with Crippen LogP contribution < -0.4 is 12.4 Å². The molecular formula is C10H14ClNO2. The van der Waals surface area contributed by atoms with Gasteiger partial charge >= 0.3 is 0 Å². The van der Waals surface area contributed by atoms with Crippen LogP contribution >= 0.6 is 0 Å². The van der Waals surface area contributed by atoms with Crippen molar-refractivity contribution in [1.29, 1.82) is 0 Å². The van der Waals surface area contributed by atoms with Gasteiger partial charge in [-0.3, -0.25) is 0 Å². The van der Waals surface area contributed by atoms with Gasteiger partial charge in [0.1, 0.15) is 0 Å². The standard InChI is InChI=1S/C10H14NO2.ClH/c1-12-11(13-2)9-8-10-6-4-3-5-7-10;/h3-7,9H,8H2,1-2H3;1H/q+1;/p-1. The molecule has 1 aromatic rings. The second kappa shape index (κ2) is 7.21. The molecule has 0 heterocycles. The lowest BCUT2D eigenvalue weighted by Crippen LogP contribution is -3.00. The molecule has 0 bridgehead atoms. The molecule has 0 saturated heterocycles. The van der Waals surface area contributed by atoms with Gasteiger partial charge in [0.2, 0.25) is 0 Å². The summed E-state index contributed by atoms with van der Waals surface area (Å²) < 4.78 is 0. The molecule has 0 N–H and O–H groups in total. The highest BCUT2D eigenvalue weighted by Gasteiger charge is 2.00. The molecule has 0 aliphatic rings. The predicted molar refractivity (Wildman–Crippen MR) is 50.5 cm³/mol. The van der Waals surface area contributed by atoms with Crippen LogP contribution in [0.4, 0.5) is 0 Å². The van der Waals surface area contributed by atoms with E-state index in [1.165, 1.54) is 10.5 Å². The van der Waals surface area contributed by atoms with E-state index in [2.05, 4.69) is 12.1 Å². The number of nitrogens with zero attached hydrogens (tertiary/aromatic N) is 1. The van der Waals surface area contributed by atoms with Crippen LogP contribution in [0.25, 0.3) is 0 Å². The molecule has 0 radical (unpaired) electrons. The smallest absolute Gasteiger partial charge is 0.258 e. The molecule has 4 heteroatoms. The van der Waals surface area contributed by atoms with E-state index in [4.69, 9.17) is 9.68 Å². The Morgan fingerprint density at radius 3 is 2.21 bits per heavy atom. The number of hydrogen-bond donors (Lipinski definition) is 0. The summed E-state index contributed by atoms with van der Waals surface area (Å²) in [7, 11) is 3.12. The Morgan fingerprint density at radius 2 is 1.71 bits per heavy atom. The van der Waals surface area contributed by atoms with E-state index >= 15 is 0 Å².